The van der Waals surface area contributed by atoms with Crippen LogP contribution in [0.4, 0.5) is 0 Å². The van der Waals surface area contributed by atoms with Gasteiger partial charge in [0, 0.05) is 12.3 Å². The van der Waals surface area contributed by atoms with Gasteiger partial charge >= 0.3 is 5.82 Å². The van der Waals surface area contributed by atoms with Crippen molar-refractivity contribution in [2.45, 2.75) is 0 Å². The highest BCUT2D eigenvalue weighted by Crippen LogP contribution is 2.13. The Kier molecular flexibility index (Phi) is 1.64. The number of nitrogens with zero attached hydrogens (tertiary/aromatic N) is 3. The first-order valence-corrected chi connectivity index (χ1v) is 4.45. The van der Waals surface area contributed by atoms with Crippen LogP contribution in [-0.4, -0.2) is 20.2 Å². The fourth-order valence-corrected chi connectivity index (χ4v) is 1.34. The summed E-state index contributed by atoms with van der Waals surface area (Å²) in [6.07, 6.45) is 7.01. The van der Waals surface area contributed by atoms with E-state index in [1.165, 1.54) is 0 Å². The van der Waals surface area contributed by atoms with Gasteiger partial charge in [-0.2, -0.15) is 0 Å². The molecule has 3 rings (SSSR count). The predicted molar refractivity (Wildman–Crippen MR) is 50.0 cm³/mol. The van der Waals surface area contributed by atoms with Gasteiger partial charge in [-0.3, -0.25) is 0 Å². The third-order valence-electron chi connectivity index (χ3n) is 2.04. The summed E-state index contributed by atoms with van der Waals surface area (Å²) in [5.74, 6) is 2.12. The average Bonchev–Trinajstić information content (AvgIpc) is 3.02. The van der Waals surface area contributed by atoms with Crippen LogP contribution in [0.15, 0.2) is 41.4 Å². The van der Waals surface area contributed by atoms with Crippen molar-refractivity contribution in [1.29, 1.82) is 0 Å². The quantitative estimate of drug-likeness (QED) is 0.600. The maximum atomic E-state index is 4.99. The standard InChI is InChI=1S/C9H7N5O/c1-3-11-14(5-1)8-6-10-9(13-8)7-2-4-12-15-7/h1-6H,(H,10,12,13)/p+1. The molecule has 6 nitrogen and oxygen atoms in total. The van der Waals surface area contributed by atoms with Crippen molar-refractivity contribution in [1.82, 2.24) is 20.2 Å². The fourth-order valence-electron chi connectivity index (χ4n) is 1.34. The molecule has 6 heteroatoms. The molecule has 0 aliphatic carbocycles. The van der Waals surface area contributed by atoms with E-state index in [9.17, 15) is 0 Å². The Morgan fingerprint density at radius 2 is 2.40 bits per heavy atom. The molecule has 15 heavy (non-hydrogen) atoms. The molecule has 3 aromatic rings. The number of aromatic nitrogens is 5. The van der Waals surface area contributed by atoms with Crippen molar-refractivity contribution in [2.24, 2.45) is 0 Å². The van der Waals surface area contributed by atoms with Gasteiger partial charge in [0.1, 0.15) is 12.4 Å². The van der Waals surface area contributed by atoms with Crippen LogP contribution in [0.5, 0.6) is 0 Å². The molecule has 0 saturated heterocycles. The minimum Gasteiger partial charge on any atom is -0.351 e. The van der Waals surface area contributed by atoms with Gasteiger partial charge in [0.15, 0.2) is 0 Å². The summed E-state index contributed by atoms with van der Waals surface area (Å²) in [6.45, 7) is 0. The first kappa shape index (κ1) is 7.98. The van der Waals surface area contributed by atoms with Gasteiger partial charge in [0.2, 0.25) is 5.76 Å². The number of H-pyrrole nitrogens is 2. The summed E-state index contributed by atoms with van der Waals surface area (Å²) >= 11 is 0. The predicted octanol–water partition coefficient (Wildman–Crippen LogP) is 0.669. The summed E-state index contributed by atoms with van der Waals surface area (Å²) in [5, 5.41) is 6.63. The summed E-state index contributed by atoms with van der Waals surface area (Å²) in [7, 11) is 0. The molecule has 0 fully saturated rings. The van der Waals surface area contributed by atoms with Gasteiger partial charge in [-0.05, 0) is 6.07 Å². The summed E-state index contributed by atoms with van der Waals surface area (Å²) in [5.41, 5.74) is 0. The summed E-state index contributed by atoms with van der Waals surface area (Å²) < 4.78 is 6.80. The topological polar surface area (TPSA) is 74.4 Å². The lowest BCUT2D eigenvalue weighted by Gasteiger charge is -1.84. The zero-order chi connectivity index (χ0) is 10.1. The maximum absolute atomic E-state index is 4.99. The Morgan fingerprint density at radius 1 is 1.40 bits per heavy atom. The number of aromatic amines is 2. The Balaban J connectivity index is 2.02. The van der Waals surface area contributed by atoms with Crippen molar-refractivity contribution >= 4 is 0 Å². The van der Waals surface area contributed by atoms with Crippen LogP contribution in [0.3, 0.4) is 0 Å². The molecule has 2 N–H and O–H groups in total. The van der Waals surface area contributed by atoms with E-state index in [0.29, 0.717) is 11.6 Å². The zero-order valence-electron chi connectivity index (χ0n) is 7.71. The number of hydrogen-bond acceptors (Lipinski definition) is 3. The molecule has 0 bridgehead atoms. The number of rotatable bonds is 2. The lowest BCUT2D eigenvalue weighted by atomic mass is 10.4. The van der Waals surface area contributed by atoms with E-state index in [1.54, 1.807) is 18.5 Å². The highest BCUT2D eigenvalue weighted by molar-refractivity contribution is 5.46. The lowest BCUT2D eigenvalue weighted by molar-refractivity contribution is -0.658. The number of hydrogen-bond donors (Lipinski definition) is 2. The number of nitrogens with one attached hydrogen (secondary N) is 2. The van der Waals surface area contributed by atoms with E-state index in [1.807, 2.05) is 23.1 Å². The van der Waals surface area contributed by atoms with Crippen LogP contribution in [0.1, 0.15) is 0 Å². The van der Waals surface area contributed by atoms with E-state index < -0.39 is 0 Å². The van der Waals surface area contributed by atoms with Crippen molar-refractivity contribution < 1.29 is 9.20 Å². The molecule has 3 aromatic heterocycles. The van der Waals surface area contributed by atoms with Crippen molar-refractivity contribution in [2.75, 3.05) is 0 Å². The monoisotopic (exact) mass is 202 g/mol. The highest BCUT2D eigenvalue weighted by Gasteiger charge is 2.14. The molecular weight excluding hydrogens is 194 g/mol. The Hall–Kier alpha value is -2.37. The first-order valence-electron chi connectivity index (χ1n) is 4.45. The van der Waals surface area contributed by atoms with Gasteiger partial charge in [0.05, 0.1) is 6.20 Å². The molecule has 0 unspecified atom stereocenters. The second kappa shape index (κ2) is 3.09. The molecule has 0 spiro atoms. The second-order valence-electron chi connectivity index (χ2n) is 3.00. The van der Waals surface area contributed by atoms with Crippen LogP contribution >= 0.6 is 0 Å². The average molecular weight is 202 g/mol. The third kappa shape index (κ3) is 1.32. The molecule has 74 valence electrons. The van der Waals surface area contributed by atoms with Crippen molar-refractivity contribution in [3.63, 3.8) is 0 Å². The molecule has 0 atom stereocenters. The van der Waals surface area contributed by atoms with Gasteiger partial charge in [-0.1, -0.05) is 5.16 Å². The summed E-state index contributed by atoms with van der Waals surface area (Å²) in [6, 6.07) is 3.65. The Morgan fingerprint density at radius 3 is 3.13 bits per heavy atom. The van der Waals surface area contributed by atoms with Gasteiger partial charge in [-0.25, -0.2) is 15.1 Å². The first-order chi connectivity index (χ1) is 7.43. The second-order valence-corrected chi connectivity index (χ2v) is 3.00. The smallest absolute Gasteiger partial charge is 0.323 e. The molecule has 0 aliphatic rings. The number of imidazole rings is 1. The molecule has 0 amide bonds. The third-order valence-corrected chi connectivity index (χ3v) is 2.04. The van der Waals surface area contributed by atoms with E-state index in [2.05, 4.69) is 20.2 Å². The molecule has 0 aliphatic heterocycles. The fraction of sp³-hybridized carbons (Fsp3) is 0. The SMILES string of the molecule is c1c[nH][n+](-c2cnc(-c3ccno3)[nH]2)c1. The molecule has 3 heterocycles. The van der Waals surface area contributed by atoms with Gasteiger partial charge in [-0.15, -0.1) is 4.68 Å². The normalized spacial score (nSPS) is 10.7. The molecular formula is C9H8N5O+. The maximum Gasteiger partial charge on any atom is 0.323 e. The Labute approximate surface area is 84.5 Å². The van der Waals surface area contributed by atoms with Gasteiger partial charge < -0.3 is 4.52 Å². The zero-order valence-corrected chi connectivity index (χ0v) is 7.71. The van der Waals surface area contributed by atoms with Crippen LogP contribution in [0, 0.1) is 0 Å². The van der Waals surface area contributed by atoms with Gasteiger partial charge in [0.25, 0.3) is 5.82 Å². The van der Waals surface area contributed by atoms with Crippen molar-refractivity contribution in [3.05, 3.63) is 36.9 Å². The molecule has 0 aromatic carbocycles. The highest BCUT2D eigenvalue weighted by atomic mass is 16.5. The molecule has 0 radical (unpaired) electrons. The molecule has 0 saturated carbocycles. The van der Waals surface area contributed by atoms with Crippen molar-refractivity contribution in [3.8, 4) is 17.4 Å². The minimum absolute atomic E-state index is 0.619. The minimum atomic E-state index is 0.619. The van der Waals surface area contributed by atoms with Crippen LogP contribution in [-0.2, 0) is 0 Å². The summed E-state index contributed by atoms with van der Waals surface area (Å²) in [4.78, 5) is 7.29. The van der Waals surface area contributed by atoms with E-state index >= 15 is 0 Å². The largest absolute Gasteiger partial charge is 0.351 e. The van der Waals surface area contributed by atoms with Crippen LogP contribution in [0.25, 0.3) is 17.4 Å². The van der Waals surface area contributed by atoms with E-state index in [-0.39, 0.29) is 0 Å². The van der Waals surface area contributed by atoms with E-state index in [4.69, 9.17) is 4.52 Å². The van der Waals surface area contributed by atoms with Crippen LogP contribution < -0.4 is 4.68 Å². The van der Waals surface area contributed by atoms with E-state index in [0.717, 1.165) is 5.82 Å². The Bertz CT molecular complexity index is 488. The lowest BCUT2D eigenvalue weighted by Crippen LogP contribution is -2.31. The van der Waals surface area contributed by atoms with Crippen LogP contribution in [0.2, 0.25) is 0 Å².